The lowest BCUT2D eigenvalue weighted by molar-refractivity contribution is 0.0527. The van der Waals surface area contributed by atoms with Crippen molar-refractivity contribution >= 4 is 57.5 Å². The topological polar surface area (TPSA) is 126 Å². The van der Waals surface area contributed by atoms with Gasteiger partial charge in [-0.2, -0.15) is 0 Å². The quantitative estimate of drug-likeness (QED) is 0.398. The number of carbonyl (C=O) groups is 3. The molecular formula is C23H31Cl2N5O5S. The summed E-state index contributed by atoms with van der Waals surface area (Å²) in [7, 11) is 1.55. The van der Waals surface area contributed by atoms with Crippen LogP contribution in [0.15, 0.2) is 0 Å². The molecule has 2 aromatic heterocycles. The number of anilines is 1. The lowest BCUT2D eigenvalue weighted by Crippen LogP contribution is -2.36. The van der Waals surface area contributed by atoms with E-state index >= 15 is 0 Å². The van der Waals surface area contributed by atoms with E-state index in [0.717, 1.165) is 24.2 Å². The zero-order chi connectivity index (χ0) is 26.4. The number of halogens is 2. The van der Waals surface area contributed by atoms with E-state index in [1.807, 2.05) is 4.90 Å². The fraction of sp³-hybridized carbons (Fsp3) is 0.565. The molecule has 0 spiro atoms. The summed E-state index contributed by atoms with van der Waals surface area (Å²) in [5.74, 6) is -1.35. The number of esters is 1. The molecule has 198 valence electrons. The van der Waals surface area contributed by atoms with E-state index in [2.05, 4.69) is 20.6 Å². The maximum Gasteiger partial charge on any atom is 0.350 e. The lowest BCUT2D eigenvalue weighted by atomic mass is 10.1. The summed E-state index contributed by atoms with van der Waals surface area (Å²) in [5.41, 5.74) is 0.924. The Hall–Kier alpha value is -2.34. The summed E-state index contributed by atoms with van der Waals surface area (Å²) < 4.78 is 10.2. The standard InChI is InChI=1S/C23H31Cl2N5O5S/c1-5-35-22(33)19-18(21(32)26-12(2)11-34-4)29-23(36-19)30-9-6-7-14(8-10-30)28-20(31)17-16(25)15(24)13(3)27-17/h12,14,27H,5-11H2,1-4H3,(H,26,32)(H,28,31)/t12-,14?/m0/s1. The van der Waals surface area contributed by atoms with Crippen LogP contribution in [-0.4, -0.2) is 73.2 Å². The van der Waals surface area contributed by atoms with Gasteiger partial charge < -0.3 is 30.0 Å². The summed E-state index contributed by atoms with van der Waals surface area (Å²) >= 11 is 13.4. The molecule has 0 aromatic carbocycles. The molecule has 13 heteroatoms. The van der Waals surface area contributed by atoms with E-state index in [-0.39, 0.29) is 45.9 Å². The highest BCUT2D eigenvalue weighted by Gasteiger charge is 2.29. The SMILES string of the molecule is CCOC(=O)c1sc(N2CCCC(NC(=O)c3[nH]c(C)c(Cl)c3Cl)CC2)nc1C(=O)N[C@@H](C)COC. The third-order valence-electron chi connectivity index (χ3n) is 5.70. The Labute approximate surface area is 224 Å². The average molecular weight is 561 g/mol. The van der Waals surface area contributed by atoms with E-state index in [4.69, 9.17) is 32.7 Å². The van der Waals surface area contributed by atoms with Gasteiger partial charge in [-0.1, -0.05) is 34.5 Å². The Morgan fingerprint density at radius 3 is 2.61 bits per heavy atom. The number of aryl methyl sites for hydroxylation is 1. The van der Waals surface area contributed by atoms with Gasteiger partial charge in [-0.15, -0.1) is 0 Å². The van der Waals surface area contributed by atoms with Crippen molar-refractivity contribution in [1.29, 1.82) is 0 Å². The van der Waals surface area contributed by atoms with Crippen molar-refractivity contribution < 1.29 is 23.9 Å². The van der Waals surface area contributed by atoms with Gasteiger partial charge in [0.1, 0.15) is 10.6 Å². The van der Waals surface area contributed by atoms with Crippen LogP contribution in [0.2, 0.25) is 10.0 Å². The fourth-order valence-corrected chi connectivity index (χ4v) is 5.36. The zero-order valence-electron chi connectivity index (χ0n) is 20.7. The monoisotopic (exact) mass is 559 g/mol. The lowest BCUT2D eigenvalue weighted by Gasteiger charge is -2.19. The molecule has 0 aliphatic carbocycles. The van der Waals surface area contributed by atoms with Crippen molar-refractivity contribution in [1.82, 2.24) is 20.6 Å². The smallest absolute Gasteiger partial charge is 0.350 e. The second-order valence-electron chi connectivity index (χ2n) is 8.57. The van der Waals surface area contributed by atoms with Gasteiger partial charge in [0.25, 0.3) is 11.8 Å². The third-order valence-corrected chi connectivity index (χ3v) is 7.74. The average Bonchev–Trinajstić information content (AvgIpc) is 3.29. The van der Waals surface area contributed by atoms with Gasteiger partial charge in [0.15, 0.2) is 10.8 Å². The number of carbonyl (C=O) groups excluding carboxylic acids is 3. The van der Waals surface area contributed by atoms with Gasteiger partial charge in [0, 0.05) is 38.0 Å². The van der Waals surface area contributed by atoms with Crippen LogP contribution in [0.1, 0.15) is 69.5 Å². The van der Waals surface area contributed by atoms with E-state index in [0.29, 0.717) is 42.0 Å². The molecule has 36 heavy (non-hydrogen) atoms. The predicted octanol–water partition coefficient (Wildman–Crippen LogP) is 3.82. The molecule has 3 heterocycles. The fourth-order valence-electron chi connectivity index (χ4n) is 3.93. The molecule has 3 rings (SSSR count). The minimum Gasteiger partial charge on any atom is -0.462 e. The van der Waals surface area contributed by atoms with Crippen LogP contribution in [0, 0.1) is 6.92 Å². The molecule has 1 saturated heterocycles. The Balaban J connectivity index is 1.72. The van der Waals surface area contributed by atoms with Crippen LogP contribution in [0.3, 0.4) is 0 Å². The van der Waals surface area contributed by atoms with Crippen LogP contribution in [0.25, 0.3) is 0 Å². The maximum atomic E-state index is 12.9. The first kappa shape index (κ1) is 28.2. The highest BCUT2D eigenvalue weighted by molar-refractivity contribution is 7.17. The molecule has 2 aromatic rings. The van der Waals surface area contributed by atoms with Gasteiger partial charge in [-0.3, -0.25) is 9.59 Å². The van der Waals surface area contributed by atoms with Crippen molar-refractivity contribution in [2.45, 2.75) is 52.1 Å². The molecule has 2 amide bonds. The summed E-state index contributed by atoms with van der Waals surface area (Å²) in [6.07, 6.45) is 2.19. The van der Waals surface area contributed by atoms with Gasteiger partial charge >= 0.3 is 5.97 Å². The Morgan fingerprint density at radius 2 is 1.97 bits per heavy atom. The molecule has 1 unspecified atom stereocenters. The van der Waals surface area contributed by atoms with Gasteiger partial charge in [-0.25, -0.2) is 9.78 Å². The van der Waals surface area contributed by atoms with Crippen LogP contribution in [0.5, 0.6) is 0 Å². The van der Waals surface area contributed by atoms with Crippen LogP contribution in [0.4, 0.5) is 5.13 Å². The molecule has 1 aliphatic heterocycles. The summed E-state index contributed by atoms with van der Waals surface area (Å²) in [4.78, 5) is 47.8. The minimum absolute atomic E-state index is 0.0409. The zero-order valence-corrected chi connectivity index (χ0v) is 23.0. The number of methoxy groups -OCH3 is 1. The number of rotatable bonds is 9. The highest BCUT2D eigenvalue weighted by Crippen LogP contribution is 2.31. The summed E-state index contributed by atoms with van der Waals surface area (Å²) in [5, 5.41) is 6.93. The van der Waals surface area contributed by atoms with Crippen molar-refractivity contribution in [3.63, 3.8) is 0 Å². The van der Waals surface area contributed by atoms with E-state index < -0.39 is 11.9 Å². The van der Waals surface area contributed by atoms with Gasteiger partial charge in [-0.05, 0) is 40.0 Å². The second-order valence-corrected chi connectivity index (χ2v) is 10.3. The predicted molar refractivity (Wildman–Crippen MR) is 140 cm³/mol. The first-order chi connectivity index (χ1) is 17.2. The molecule has 0 saturated carbocycles. The molecule has 10 nitrogen and oxygen atoms in total. The number of thiazole rings is 1. The molecule has 3 N–H and O–H groups in total. The van der Waals surface area contributed by atoms with Crippen LogP contribution in [-0.2, 0) is 9.47 Å². The largest absolute Gasteiger partial charge is 0.462 e. The van der Waals surface area contributed by atoms with Crippen molar-refractivity contribution in [3.05, 3.63) is 32.0 Å². The van der Waals surface area contributed by atoms with Crippen molar-refractivity contribution in [3.8, 4) is 0 Å². The number of aromatic amines is 1. The Bertz CT molecular complexity index is 1110. The minimum atomic E-state index is -0.581. The molecule has 1 aliphatic rings. The first-order valence-electron chi connectivity index (χ1n) is 11.7. The normalized spacial score (nSPS) is 16.8. The third kappa shape index (κ3) is 6.70. The molecule has 1 fully saturated rings. The van der Waals surface area contributed by atoms with E-state index in [1.54, 1.807) is 27.9 Å². The first-order valence-corrected chi connectivity index (χ1v) is 13.3. The second kappa shape index (κ2) is 12.8. The molecular weight excluding hydrogens is 529 g/mol. The Morgan fingerprint density at radius 1 is 1.22 bits per heavy atom. The maximum absolute atomic E-state index is 12.9. The number of hydrogen-bond acceptors (Lipinski definition) is 8. The number of hydrogen-bond donors (Lipinski definition) is 3. The number of nitrogens with zero attached hydrogens (tertiary/aromatic N) is 2. The van der Waals surface area contributed by atoms with Crippen molar-refractivity contribution in [2.24, 2.45) is 0 Å². The molecule has 0 bridgehead atoms. The summed E-state index contributed by atoms with van der Waals surface area (Å²) in [6, 6.07) is -0.333. The highest BCUT2D eigenvalue weighted by atomic mass is 35.5. The van der Waals surface area contributed by atoms with E-state index in [1.165, 1.54) is 0 Å². The number of ether oxygens (including phenoxy) is 2. The number of amides is 2. The Kier molecular flexibility index (Phi) is 10.0. The van der Waals surface area contributed by atoms with Crippen LogP contribution >= 0.6 is 34.5 Å². The summed E-state index contributed by atoms with van der Waals surface area (Å²) in [6.45, 7) is 7.03. The van der Waals surface area contributed by atoms with Crippen molar-refractivity contribution in [2.75, 3.05) is 38.3 Å². The number of nitrogens with one attached hydrogen (secondary N) is 3. The molecule has 0 radical (unpaired) electrons. The number of H-pyrrole nitrogens is 1. The molecule has 2 atom stereocenters. The van der Waals surface area contributed by atoms with Crippen LogP contribution < -0.4 is 15.5 Å². The van der Waals surface area contributed by atoms with Gasteiger partial charge in [0.2, 0.25) is 0 Å². The van der Waals surface area contributed by atoms with E-state index in [9.17, 15) is 14.4 Å². The number of aromatic nitrogens is 2. The van der Waals surface area contributed by atoms with Gasteiger partial charge in [0.05, 0.1) is 23.3 Å².